The molecule has 0 N–H and O–H groups in total. The van der Waals surface area contributed by atoms with Gasteiger partial charge >= 0.3 is 0 Å². The lowest BCUT2D eigenvalue weighted by Crippen LogP contribution is -2.18. The zero-order valence-electron chi connectivity index (χ0n) is 8.44. The van der Waals surface area contributed by atoms with E-state index in [0.29, 0.717) is 6.10 Å². The molecule has 0 amide bonds. The molecule has 0 aromatic rings. The molecule has 0 saturated heterocycles. The lowest BCUT2D eigenvalue weighted by atomic mass is 9.98. The molecule has 1 aliphatic rings. The molecule has 1 rings (SSSR count). The molecule has 0 aliphatic heterocycles. The van der Waals surface area contributed by atoms with Gasteiger partial charge in [-0.25, -0.2) is 0 Å². The van der Waals surface area contributed by atoms with Crippen molar-refractivity contribution in [2.75, 3.05) is 6.61 Å². The van der Waals surface area contributed by atoms with Gasteiger partial charge in [-0.3, -0.25) is 0 Å². The van der Waals surface area contributed by atoms with Crippen LogP contribution in [0.25, 0.3) is 0 Å². The Morgan fingerprint density at radius 3 is 2.42 bits per heavy atom. The maximum atomic E-state index is 5.82. The van der Waals surface area contributed by atoms with Gasteiger partial charge in [-0.15, -0.1) is 0 Å². The minimum absolute atomic E-state index is 0.0599. The third-order valence-electron chi connectivity index (χ3n) is 2.51. The molecule has 0 aromatic heterocycles. The van der Waals surface area contributed by atoms with Crippen molar-refractivity contribution in [3.63, 3.8) is 0 Å². The summed E-state index contributed by atoms with van der Waals surface area (Å²) in [6.07, 6.45) is 7.45. The van der Waals surface area contributed by atoms with Crippen LogP contribution in [0.1, 0.15) is 32.1 Å². The van der Waals surface area contributed by atoms with Gasteiger partial charge in [0.05, 0.1) is 6.10 Å². The molecule has 0 aromatic carbocycles. The Hall–Kier alpha value is 0.177. The zero-order valence-corrected chi connectivity index (χ0v) is 9.44. The molecule has 0 bridgehead atoms. The lowest BCUT2D eigenvalue weighted by Gasteiger charge is -2.22. The van der Waals surface area contributed by atoms with E-state index in [2.05, 4.69) is 13.1 Å². The van der Waals surface area contributed by atoms with E-state index in [1.165, 1.54) is 38.1 Å². The Balaban J connectivity index is 1.98. The second-order valence-electron chi connectivity index (χ2n) is 4.09. The fourth-order valence-corrected chi connectivity index (χ4v) is 2.19. The zero-order chi connectivity index (χ0) is 8.81. The van der Waals surface area contributed by atoms with E-state index in [1.54, 1.807) is 0 Å². The van der Waals surface area contributed by atoms with E-state index >= 15 is 0 Å². The fourth-order valence-electron chi connectivity index (χ4n) is 1.66. The van der Waals surface area contributed by atoms with E-state index in [0.717, 1.165) is 6.61 Å². The molecule has 2 heteroatoms. The number of hydrogen-bond donors (Lipinski definition) is 0. The van der Waals surface area contributed by atoms with Crippen molar-refractivity contribution in [3.8, 4) is 0 Å². The summed E-state index contributed by atoms with van der Waals surface area (Å²) >= 11 is 0. The number of rotatable bonds is 4. The maximum Gasteiger partial charge on any atom is 0.0575 e. The van der Waals surface area contributed by atoms with Crippen molar-refractivity contribution in [1.82, 2.24) is 0 Å². The van der Waals surface area contributed by atoms with Crippen LogP contribution in [0.5, 0.6) is 0 Å². The molecule has 0 spiro atoms. The second kappa shape index (κ2) is 5.76. The van der Waals surface area contributed by atoms with Crippen LogP contribution in [0.2, 0.25) is 19.1 Å². The second-order valence-corrected chi connectivity index (χ2v) is 7.00. The quantitative estimate of drug-likeness (QED) is 0.612. The Morgan fingerprint density at radius 2 is 1.83 bits per heavy atom. The van der Waals surface area contributed by atoms with Gasteiger partial charge in [-0.1, -0.05) is 32.4 Å². The molecule has 0 heterocycles. The Morgan fingerprint density at radius 1 is 1.17 bits per heavy atom. The summed E-state index contributed by atoms with van der Waals surface area (Å²) in [5.74, 6) is 0. The first kappa shape index (κ1) is 10.3. The van der Waals surface area contributed by atoms with Crippen LogP contribution in [0.4, 0.5) is 0 Å². The molecule has 12 heavy (non-hydrogen) atoms. The van der Waals surface area contributed by atoms with Crippen LogP contribution in [0.3, 0.4) is 0 Å². The normalized spacial score (nSPS) is 20.2. The summed E-state index contributed by atoms with van der Waals surface area (Å²) < 4.78 is 5.82. The van der Waals surface area contributed by atoms with E-state index < -0.39 is 0 Å². The van der Waals surface area contributed by atoms with Gasteiger partial charge in [0.15, 0.2) is 0 Å². The van der Waals surface area contributed by atoms with Crippen molar-refractivity contribution >= 4 is 8.80 Å². The standard InChI is InChI=1S/C10H21OSi/c1-12(2)9-8-11-10-6-4-3-5-7-10/h10H,3-9H2,1-2H3. The first-order valence-corrected chi connectivity index (χ1v) is 7.90. The molecule has 0 unspecified atom stereocenters. The first-order chi connectivity index (χ1) is 5.79. The summed E-state index contributed by atoms with van der Waals surface area (Å²) in [6, 6.07) is 1.32. The van der Waals surface area contributed by atoms with Crippen LogP contribution in [0.15, 0.2) is 0 Å². The molecule has 71 valence electrons. The van der Waals surface area contributed by atoms with Crippen molar-refractivity contribution in [3.05, 3.63) is 0 Å². The molecule has 1 nitrogen and oxygen atoms in total. The lowest BCUT2D eigenvalue weighted by molar-refractivity contribution is 0.0366. The van der Waals surface area contributed by atoms with Crippen LogP contribution in [0, 0.1) is 0 Å². The summed E-state index contributed by atoms with van der Waals surface area (Å²) in [6.45, 7) is 5.73. The summed E-state index contributed by atoms with van der Waals surface area (Å²) in [5.41, 5.74) is 0. The first-order valence-electron chi connectivity index (χ1n) is 5.19. The van der Waals surface area contributed by atoms with Crippen LogP contribution in [-0.4, -0.2) is 21.5 Å². The maximum absolute atomic E-state index is 5.82. The van der Waals surface area contributed by atoms with Crippen molar-refractivity contribution in [2.24, 2.45) is 0 Å². The Bertz CT molecular complexity index is 108. The number of hydrogen-bond acceptors (Lipinski definition) is 1. The summed E-state index contributed by atoms with van der Waals surface area (Å²) in [4.78, 5) is 0. The van der Waals surface area contributed by atoms with Crippen LogP contribution >= 0.6 is 0 Å². The van der Waals surface area contributed by atoms with E-state index in [1.807, 2.05) is 0 Å². The van der Waals surface area contributed by atoms with Crippen molar-refractivity contribution in [1.29, 1.82) is 0 Å². The molecule has 1 radical (unpaired) electrons. The predicted octanol–water partition coefficient (Wildman–Crippen LogP) is 3.09. The van der Waals surface area contributed by atoms with Crippen LogP contribution < -0.4 is 0 Å². The molecule has 0 atom stereocenters. The van der Waals surface area contributed by atoms with Gasteiger partial charge in [0.1, 0.15) is 0 Å². The smallest absolute Gasteiger partial charge is 0.0575 e. The molecule has 1 aliphatic carbocycles. The van der Waals surface area contributed by atoms with Gasteiger partial charge in [-0.05, 0) is 18.9 Å². The average molecular weight is 185 g/mol. The minimum Gasteiger partial charge on any atom is -0.379 e. The van der Waals surface area contributed by atoms with Crippen molar-refractivity contribution < 1.29 is 4.74 Å². The Kier molecular flexibility index (Phi) is 4.92. The van der Waals surface area contributed by atoms with E-state index in [-0.39, 0.29) is 8.80 Å². The fraction of sp³-hybridized carbons (Fsp3) is 1.00. The highest BCUT2D eigenvalue weighted by atomic mass is 28.3. The van der Waals surface area contributed by atoms with E-state index in [4.69, 9.17) is 4.74 Å². The van der Waals surface area contributed by atoms with Crippen LogP contribution in [-0.2, 0) is 4.74 Å². The SMILES string of the molecule is C[Si](C)CCOC1CCCCC1. The molecular weight excluding hydrogens is 164 g/mol. The Labute approximate surface area is 78.1 Å². The molecule has 1 fully saturated rings. The highest BCUT2D eigenvalue weighted by Gasteiger charge is 2.13. The topological polar surface area (TPSA) is 9.23 Å². The summed E-state index contributed by atoms with van der Waals surface area (Å²) in [5, 5.41) is 0. The van der Waals surface area contributed by atoms with Gasteiger partial charge in [-0.2, -0.15) is 0 Å². The number of ether oxygens (including phenoxy) is 1. The molecular formula is C10H21OSi. The third-order valence-corrected chi connectivity index (χ3v) is 3.71. The van der Waals surface area contributed by atoms with Crippen molar-refractivity contribution in [2.45, 2.75) is 57.3 Å². The minimum atomic E-state index is -0.0599. The third kappa shape index (κ3) is 4.26. The molecule has 1 saturated carbocycles. The van der Waals surface area contributed by atoms with Gasteiger partial charge in [0, 0.05) is 15.4 Å². The predicted molar refractivity (Wildman–Crippen MR) is 55.1 cm³/mol. The van der Waals surface area contributed by atoms with E-state index in [9.17, 15) is 0 Å². The summed E-state index contributed by atoms with van der Waals surface area (Å²) in [7, 11) is -0.0599. The monoisotopic (exact) mass is 185 g/mol. The highest BCUT2D eigenvalue weighted by molar-refractivity contribution is 6.55. The van der Waals surface area contributed by atoms with Gasteiger partial charge < -0.3 is 4.74 Å². The van der Waals surface area contributed by atoms with Gasteiger partial charge in [0.2, 0.25) is 0 Å². The average Bonchev–Trinajstić information content (AvgIpc) is 2.05. The largest absolute Gasteiger partial charge is 0.379 e. The van der Waals surface area contributed by atoms with Gasteiger partial charge in [0.25, 0.3) is 0 Å². The highest BCUT2D eigenvalue weighted by Crippen LogP contribution is 2.20.